The van der Waals surface area contributed by atoms with Gasteiger partial charge in [0.25, 0.3) is 0 Å². The summed E-state index contributed by atoms with van der Waals surface area (Å²) in [6.45, 7) is 0. The molecule has 1 aromatic carbocycles. The molecule has 0 aliphatic carbocycles. The van der Waals surface area contributed by atoms with E-state index in [0.717, 1.165) is 6.08 Å². The summed E-state index contributed by atoms with van der Waals surface area (Å²) in [6.07, 6.45) is 2.44. The predicted octanol–water partition coefficient (Wildman–Crippen LogP) is 3.37. The molecule has 1 aromatic rings. The van der Waals surface area contributed by atoms with Gasteiger partial charge in [-0.1, -0.05) is 22.0 Å². The van der Waals surface area contributed by atoms with Crippen molar-refractivity contribution in [2.75, 3.05) is 0 Å². The van der Waals surface area contributed by atoms with Crippen LogP contribution in [0.25, 0.3) is 6.08 Å². The van der Waals surface area contributed by atoms with Crippen LogP contribution in [-0.2, 0) is 4.79 Å². The molecule has 0 saturated heterocycles. The molecule has 0 atom stereocenters. The van der Waals surface area contributed by atoms with Crippen LogP contribution < -0.4 is 0 Å². The Kier molecular flexibility index (Phi) is 3.63. The summed E-state index contributed by atoms with van der Waals surface area (Å²) in [6, 6.07) is 4.55. The molecule has 4 heteroatoms. The Morgan fingerprint density at radius 1 is 1.54 bits per heavy atom. The van der Waals surface area contributed by atoms with Crippen molar-refractivity contribution >= 4 is 38.8 Å². The normalized spacial score (nSPS) is 10.7. The molecule has 0 aliphatic rings. The number of hydrogen-bond donors (Lipinski definition) is 0. The van der Waals surface area contributed by atoms with Crippen LogP contribution in [0.3, 0.4) is 0 Å². The van der Waals surface area contributed by atoms with Gasteiger partial charge in [0.05, 0.1) is 0 Å². The first kappa shape index (κ1) is 10.4. The summed E-state index contributed by atoms with van der Waals surface area (Å²) in [7, 11) is 0. The third-order valence-electron chi connectivity index (χ3n) is 1.36. The van der Waals surface area contributed by atoms with E-state index < -0.39 is 11.1 Å². The van der Waals surface area contributed by atoms with Gasteiger partial charge in [-0.15, -0.1) is 0 Å². The molecule has 0 aliphatic heterocycles. The molecular formula is C9H5BrClFO. The smallest absolute Gasteiger partial charge is 0.245 e. The van der Waals surface area contributed by atoms with Gasteiger partial charge in [0, 0.05) is 10.0 Å². The first-order chi connectivity index (χ1) is 6.09. The van der Waals surface area contributed by atoms with Gasteiger partial charge >= 0.3 is 0 Å². The van der Waals surface area contributed by atoms with E-state index in [1.807, 2.05) is 0 Å². The van der Waals surface area contributed by atoms with Gasteiger partial charge in [-0.25, -0.2) is 4.39 Å². The van der Waals surface area contributed by atoms with E-state index >= 15 is 0 Å². The molecule has 13 heavy (non-hydrogen) atoms. The van der Waals surface area contributed by atoms with Gasteiger partial charge in [-0.05, 0) is 35.9 Å². The highest BCUT2D eigenvalue weighted by atomic mass is 79.9. The molecule has 0 saturated carbocycles. The van der Waals surface area contributed by atoms with Gasteiger partial charge in [-0.3, -0.25) is 4.79 Å². The van der Waals surface area contributed by atoms with Crippen LogP contribution >= 0.6 is 27.5 Å². The fraction of sp³-hybridized carbons (Fsp3) is 0. The Bertz CT molecular complexity index is 363. The van der Waals surface area contributed by atoms with Crippen LogP contribution in [0.5, 0.6) is 0 Å². The molecule has 0 fully saturated rings. The fourth-order valence-corrected chi connectivity index (χ4v) is 1.19. The lowest BCUT2D eigenvalue weighted by Crippen LogP contribution is -1.82. The van der Waals surface area contributed by atoms with Crippen molar-refractivity contribution in [3.63, 3.8) is 0 Å². The average Bonchev–Trinajstić information content (AvgIpc) is 2.02. The maximum Gasteiger partial charge on any atom is 0.245 e. The first-order valence-corrected chi connectivity index (χ1v) is 4.59. The lowest BCUT2D eigenvalue weighted by molar-refractivity contribution is -0.107. The number of halogens is 3. The quantitative estimate of drug-likeness (QED) is 0.590. The first-order valence-electron chi connectivity index (χ1n) is 3.42. The van der Waals surface area contributed by atoms with Gasteiger partial charge < -0.3 is 0 Å². The van der Waals surface area contributed by atoms with E-state index in [0.29, 0.717) is 10.0 Å². The molecule has 68 valence electrons. The Balaban J connectivity index is 2.96. The van der Waals surface area contributed by atoms with Crippen molar-refractivity contribution in [2.24, 2.45) is 0 Å². The van der Waals surface area contributed by atoms with E-state index in [9.17, 15) is 9.18 Å². The highest BCUT2D eigenvalue weighted by Gasteiger charge is 1.98. The molecule has 0 N–H and O–H groups in total. The van der Waals surface area contributed by atoms with Crippen molar-refractivity contribution in [2.45, 2.75) is 0 Å². The monoisotopic (exact) mass is 262 g/mol. The molecule has 1 rings (SSSR count). The van der Waals surface area contributed by atoms with Crippen molar-refractivity contribution in [1.82, 2.24) is 0 Å². The van der Waals surface area contributed by atoms with Gasteiger partial charge in [0.1, 0.15) is 5.82 Å². The van der Waals surface area contributed by atoms with Crippen LogP contribution in [0, 0.1) is 5.82 Å². The topological polar surface area (TPSA) is 17.1 Å². The van der Waals surface area contributed by atoms with Crippen molar-refractivity contribution < 1.29 is 9.18 Å². The minimum absolute atomic E-state index is 0.331. The van der Waals surface area contributed by atoms with E-state index in [-0.39, 0.29) is 0 Å². The van der Waals surface area contributed by atoms with Gasteiger partial charge in [0.2, 0.25) is 5.24 Å². The second kappa shape index (κ2) is 4.53. The average molecular weight is 263 g/mol. The zero-order valence-corrected chi connectivity index (χ0v) is 8.77. The molecule has 0 bridgehead atoms. The van der Waals surface area contributed by atoms with Crippen molar-refractivity contribution in [3.05, 3.63) is 40.1 Å². The highest BCUT2D eigenvalue weighted by molar-refractivity contribution is 9.10. The van der Waals surface area contributed by atoms with Crippen molar-refractivity contribution in [3.8, 4) is 0 Å². The van der Waals surface area contributed by atoms with E-state index in [1.165, 1.54) is 12.1 Å². The Labute approximate surface area is 88.3 Å². The highest BCUT2D eigenvalue weighted by Crippen LogP contribution is 2.16. The molecule has 0 heterocycles. The maximum atomic E-state index is 13.1. The number of rotatable bonds is 2. The van der Waals surface area contributed by atoms with Crippen LogP contribution in [0.15, 0.2) is 28.7 Å². The third-order valence-corrected chi connectivity index (χ3v) is 1.98. The minimum atomic E-state index is -0.623. The summed E-state index contributed by atoms with van der Waals surface area (Å²) >= 11 is 8.17. The molecule has 0 spiro atoms. The zero-order valence-electron chi connectivity index (χ0n) is 6.43. The summed E-state index contributed by atoms with van der Waals surface area (Å²) in [5, 5.41) is -0.623. The lowest BCUT2D eigenvalue weighted by Gasteiger charge is -1.96. The fourth-order valence-electron chi connectivity index (χ4n) is 0.792. The van der Waals surface area contributed by atoms with Crippen LogP contribution in [0.1, 0.15) is 5.56 Å². The molecule has 0 unspecified atom stereocenters. The van der Waals surface area contributed by atoms with E-state index in [2.05, 4.69) is 15.9 Å². The summed E-state index contributed by atoms with van der Waals surface area (Å²) < 4.78 is 13.7. The Morgan fingerprint density at radius 2 is 2.23 bits per heavy atom. The van der Waals surface area contributed by atoms with Crippen LogP contribution in [-0.4, -0.2) is 5.24 Å². The number of carbonyl (C=O) groups is 1. The Morgan fingerprint density at radius 3 is 2.77 bits per heavy atom. The van der Waals surface area contributed by atoms with Crippen molar-refractivity contribution in [1.29, 1.82) is 0 Å². The second-order valence-electron chi connectivity index (χ2n) is 2.30. The molecular weight excluding hydrogens is 258 g/mol. The summed E-state index contributed by atoms with van der Waals surface area (Å²) in [5.41, 5.74) is 0.331. The Hall–Kier alpha value is -0.670. The van der Waals surface area contributed by atoms with Crippen LogP contribution in [0.2, 0.25) is 0 Å². The molecule has 0 amide bonds. The number of benzene rings is 1. The largest absolute Gasteiger partial charge is 0.276 e. The van der Waals surface area contributed by atoms with Gasteiger partial charge in [0.15, 0.2) is 0 Å². The summed E-state index contributed by atoms with van der Waals surface area (Å²) in [5.74, 6) is -0.399. The minimum Gasteiger partial charge on any atom is -0.276 e. The standard InChI is InChI=1S/C9H5BrClFO/c10-7-3-1-6(8(12)5-7)2-4-9(11)13/h1-5H/b4-2+. The number of hydrogen-bond acceptors (Lipinski definition) is 1. The lowest BCUT2D eigenvalue weighted by atomic mass is 10.2. The molecule has 0 aromatic heterocycles. The van der Waals surface area contributed by atoms with E-state index in [4.69, 9.17) is 11.6 Å². The van der Waals surface area contributed by atoms with Crippen LogP contribution in [0.4, 0.5) is 4.39 Å². The summed E-state index contributed by atoms with van der Waals surface area (Å²) in [4.78, 5) is 10.3. The zero-order chi connectivity index (χ0) is 9.84. The molecule has 1 nitrogen and oxygen atoms in total. The van der Waals surface area contributed by atoms with E-state index in [1.54, 1.807) is 12.1 Å². The maximum absolute atomic E-state index is 13.1. The second-order valence-corrected chi connectivity index (χ2v) is 3.59. The number of carbonyl (C=O) groups excluding carboxylic acids is 1. The SMILES string of the molecule is O=C(Cl)/C=C/c1ccc(Br)cc1F. The number of allylic oxidation sites excluding steroid dienone is 1. The predicted molar refractivity (Wildman–Crippen MR) is 54.0 cm³/mol. The molecule has 0 radical (unpaired) electrons. The third kappa shape index (κ3) is 3.28. The van der Waals surface area contributed by atoms with Gasteiger partial charge in [-0.2, -0.15) is 0 Å².